The molecule has 0 radical (unpaired) electrons. The van der Waals surface area contributed by atoms with Gasteiger partial charge in [0.05, 0.1) is 19.1 Å². The predicted octanol–water partition coefficient (Wildman–Crippen LogP) is 2.68. The fraction of sp³-hybridized carbons (Fsp3) is 0.533. The minimum atomic E-state index is -0.696. The molecule has 0 aliphatic carbocycles. The van der Waals surface area contributed by atoms with Crippen molar-refractivity contribution in [3.63, 3.8) is 0 Å². The van der Waals surface area contributed by atoms with Gasteiger partial charge in [-0.25, -0.2) is 0 Å². The quantitative estimate of drug-likeness (QED) is 0.880. The third kappa shape index (κ3) is 4.24. The maximum Gasteiger partial charge on any atom is 0.230 e. The molecule has 0 heterocycles. The van der Waals surface area contributed by atoms with Crippen molar-refractivity contribution in [1.82, 2.24) is 0 Å². The van der Waals surface area contributed by atoms with Crippen molar-refractivity contribution in [3.05, 3.63) is 24.3 Å². The number of hydrogen-bond acceptors (Lipinski definition) is 3. The van der Waals surface area contributed by atoms with E-state index in [0.717, 1.165) is 5.75 Å². The van der Waals surface area contributed by atoms with Gasteiger partial charge >= 0.3 is 0 Å². The second-order valence-corrected chi connectivity index (χ2v) is 5.80. The summed E-state index contributed by atoms with van der Waals surface area (Å²) in [5, 5.41) is 12.6. The van der Waals surface area contributed by atoms with Crippen LogP contribution in [-0.2, 0) is 4.79 Å². The van der Waals surface area contributed by atoms with E-state index in [9.17, 15) is 9.90 Å². The Morgan fingerprint density at radius 1 is 1.26 bits per heavy atom. The number of methoxy groups -OCH3 is 1. The molecular formula is C15H23NO3. The van der Waals surface area contributed by atoms with Crippen molar-refractivity contribution in [2.75, 3.05) is 12.4 Å². The highest BCUT2D eigenvalue weighted by Crippen LogP contribution is 2.30. The van der Waals surface area contributed by atoms with Crippen molar-refractivity contribution in [3.8, 4) is 5.75 Å². The number of carbonyl (C=O) groups excluding carboxylic acids is 1. The molecule has 1 amide bonds. The van der Waals surface area contributed by atoms with Gasteiger partial charge in [-0.15, -0.1) is 0 Å². The van der Waals surface area contributed by atoms with E-state index in [2.05, 4.69) is 5.32 Å². The number of ether oxygens (including phenoxy) is 1. The van der Waals surface area contributed by atoms with Crippen LogP contribution >= 0.6 is 0 Å². The first-order valence-corrected chi connectivity index (χ1v) is 6.38. The molecule has 19 heavy (non-hydrogen) atoms. The SMILES string of the molecule is COc1ccc(NC(=O)[C@H]([C@H](C)O)C(C)(C)C)cc1. The number of nitrogens with one attached hydrogen (secondary N) is 1. The highest BCUT2D eigenvalue weighted by Gasteiger charge is 2.35. The largest absolute Gasteiger partial charge is 0.497 e. The maximum absolute atomic E-state index is 12.3. The van der Waals surface area contributed by atoms with Gasteiger partial charge in [0.1, 0.15) is 5.75 Å². The predicted molar refractivity (Wildman–Crippen MR) is 76.2 cm³/mol. The summed E-state index contributed by atoms with van der Waals surface area (Å²) in [6, 6.07) is 7.12. The molecule has 2 atom stereocenters. The first kappa shape index (κ1) is 15.5. The van der Waals surface area contributed by atoms with E-state index in [1.807, 2.05) is 20.8 Å². The zero-order valence-electron chi connectivity index (χ0n) is 12.2. The van der Waals surface area contributed by atoms with Crippen molar-refractivity contribution < 1.29 is 14.6 Å². The highest BCUT2D eigenvalue weighted by molar-refractivity contribution is 5.93. The summed E-state index contributed by atoms with van der Waals surface area (Å²) in [5.41, 5.74) is 0.394. The van der Waals surface area contributed by atoms with E-state index in [1.54, 1.807) is 38.3 Å². The lowest BCUT2D eigenvalue weighted by molar-refractivity contribution is -0.127. The van der Waals surface area contributed by atoms with Gasteiger partial charge in [0, 0.05) is 5.69 Å². The second kappa shape index (κ2) is 6.06. The Morgan fingerprint density at radius 3 is 2.16 bits per heavy atom. The number of aliphatic hydroxyl groups excluding tert-OH is 1. The van der Waals surface area contributed by atoms with Crippen LogP contribution in [0, 0.1) is 11.3 Å². The van der Waals surface area contributed by atoms with Crippen LogP contribution in [0.3, 0.4) is 0 Å². The Balaban J connectivity index is 2.81. The van der Waals surface area contributed by atoms with Crippen LogP contribution in [0.4, 0.5) is 5.69 Å². The van der Waals surface area contributed by atoms with Gasteiger partial charge in [-0.05, 0) is 36.6 Å². The van der Waals surface area contributed by atoms with E-state index in [1.165, 1.54) is 0 Å². The molecule has 4 heteroatoms. The minimum absolute atomic E-state index is 0.173. The lowest BCUT2D eigenvalue weighted by Gasteiger charge is -2.31. The van der Waals surface area contributed by atoms with Gasteiger partial charge in [-0.1, -0.05) is 20.8 Å². The molecular weight excluding hydrogens is 242 g/mol. The van der Waals surface area contributed by atoms with Gasteiger partial charge in [0.15, 0.2) is 0 Å². The molecule has 0 aromatic heterocycles. The zero-order valence-corrected chi connectivity index (χ0v) is 12.2. The Kier molecular flexibility index (Phi) is 4.95. The van der Waals surface area contributed by atoms with Gasteiger partial charge in [-0.2, -0.15) is 0 Å². The monoisotopic (exact) mass is 265 g/mol. The van der Waals surface area contributed by atoms with Crippen LogP contribution in [0.15, 0.2) is 24.3 Å². The van der Waals surface area contributed by atoms with Crippen LogP contribution in [0.25, 0.3) is 0 Å². The summed E-state index contributed by atoms with van der Waals surface area (Å²) < 4.78 is 5.06. The van der Waals surface area contributed by atoms with Crippen LogP contribution in [0.5, 0.6) is 5.75 Å². The smallest absolute Gasteiger partial charge is 0.230 e. The maximum atomic E-state index is 12.3. The normalized spacial score (nSPS) is 14.6. The first-order chi connectivity index (χ1) is 8.75. The molecule has 0 spiro atoms. The second-order valence-electron chi connectivity index (χ2n) is 5.80. The number of aliphatic hydroxyl groups is 1. The molecule has 0 saturated carbocycles. The summed E-state index contributed by atoms with van der Waals surface area (Å²) in [7, 11) is 1.59. The minimum Gasteiger partial charge on any atom is -0.497 e. The summed E-state index contributed by atoms with van der Waals surface area (Å²) in [4.78, 5) is 12.3. The van der Waals surface area contributed by atoms with Crippen LogP contribution in [0.2, 0.25) is 0 Å². The molecule has 2 N–H and O–H groups in total. The summed E-state index contributed by atoms with van der Waals surface area (Å²) in [6.45, 7) is 7.47. The lowest BCUT2D eigenvalue weighted by Crippen LogP contribution is -2.40. The van der Waals surface area contributed by atoms with Gasteiger partial charge in [-0.3, -0.25) is 4.79 Å². The van der Waals surface area contributed by atoms with Crippen molar-refractivity contribution >= 4 is 11.6 Å². The zero-order chi connectivity index (χ0) is 14.6. The molecule has 4 nitrogen and oxygen atoms in total. The third-order valence-corrected chi connectivity index (χ3v) is 3.06. The van der Waals surface area contributed by atoms with Crippen molar-refractivity contribution in [2.24, 2.45) is 11.3 Å². The Labute approximate surface area is 114 Å². The van der Waals surface area contributed by atoms with Gasteiger partial charge < -0.3 is 15.2 Å². The fourth-order valence-corrected chi connectivity index (χ4v) is 2.23. The van der Waals surface area contributed by atoms with E-state index < -0.39 is 12.0 Å². The topological polar surface area (TPSA) is 58.6 Å². The lowest BCUT2D eigenvalue weighted by atomic mass is 9.77. The number of rotatable bonds is 4. The summed E-state index contributed by atoms with van der Waals surface area (Å²) in [6.07, 6.45) is -0.696. The van der Waals surface area contributed by atoms with Crippen LogP contribution in [-0.4, -0.2) is 24.2 Å². The van der Waals surface area contributed by atoms with Crippen LogP contribution < -0.4 is 10.1 Å². The standard InChI is InChI=1S/C15H23NO3/c1-10(17)13(15(2,3)4)14(18)16-11-6-8-12(19-5)9-7-11/h6-10,13,17H,1-5H3,(H,16,18)/t10-,13-/m0/s1. The highest BCUT2D eigenvalue weighted by atomic mass is 16.5. The number of carbonyl (C=O) groups is 1. The van der Waals surface area contributed by atoms with Gasteiger partial charge in [0.25, 0.3) is 0 Å². The van der Waals surface area contributed by atoms with Gasteiger partial charge in [0.2, 0.25) is 5.91 Å². The molecule has 1 aromatic rings. The molecule has 0 saturated heterocycles. The molecule has 0 fully saturated rings. The molecule has 0 bridgehead atoms. The van der Waals surface area contributed by atoms with E-state index >= 15 is 0 Å². The number of anilines is 1. The summed E-state index contributed by atoms with van der Waals surface area (Å²) >= 11 is 0. The first-order valence-electron chi connectivity index (χ1n) is 6.38. The van der Waals surface area contributed by atoms with E-state index in [0.29, 0.717) is 5.69 Å². The molecule has 0 aliphatic rings. The molecule has 1 rings (SSSR count). The number of hydrogen-bond donors (Lipinski definition) is 2. The average molecular weight is 265 g/mol. The van der Waals surface area contributed by atoms with Crippen molar-refractivity contribution in [1.29, 1.82) is 0 Å². The fourth-order valence-electron chi connectivity index (χ4n) is 2.23. The van der Waals surface area contributed by atoms with Crippen molar-refractivity contribution in [2.45, 2.75) is 33.8 Å². The Hall–Kier alpha value is -1.55. The average Bonchev–Trinajstić information content (AvgIpc) is 2.27. The Morgan fingerprint density at radius 2 is 1.79 bits per heavy atom. The number of benzene rings is 1. The molecule has 0 aliphatic heterocycles. The van der Waals surface area contributed by atoms with E-state index in [-0.39, 0.29) is 11.3 Å². The summed E-state index contributed by atoms with van der Waals surface area (Å²) in [5.74, 6) is 0.100. The molecule has 0 unspecified atom stereocenters. The molecule has 106 valence electrons. The number of amides is 1. The van der Waals surface area contributed by atoms with E-state index in [4.69, 9.17) is 4.74 Å². The Bertz CT molecular complexity index is 418. The third-order valence-electron chi connectivity index (χ3n) is 3.06. The molecule has 1 aromatic carbocycles. The van der Waals surface area contributed by atoms with Crippen LogP contribution in [0.1, 0.15) is 27.7 Å².